The van der Waals surface area contributed by atoms with Crippen molar-refractivity contribution in [2.75, 3.05) is 5.32 Å². The molecular weight excluding hydrogens is 234 g/mol. The van der Waals surface area contributed by atoms with Gasteiger partial charge in [-0.25, -0.2) is 4.79 Å². The van der Waals surface area contributed by atoms with Gasteiger partial charge in [-0.2, -0.15) is 0 Å². The smallest absolute Gasteiger partial charge is 0.325 e. The van der Waals surface area contributed by atoms with Gasteiger partial charge in [0.2, 0.25) is 5.91 Å². The summed E-state index contributed by atoms with van der Waals surface area (Å²) >= 11 is 0. The second-order valence-corrected chi connectivity index (χ2v) is 3.65. The summed E-state index contributed by atoms with van der Waals surface area (Å²) in [6.45, 7) is -0.148. The molecule has 0 saturated heterocycles. The Balaban J connectivity index is 2.08. The van der Waals surface area contributed by atoms with E-state index < -0.39 is 11.2 Å². The number of benzene rings is 1. The van der Waals surface area contributed by atoms with Crippen LogP contribution in [0, 0.1) is 0 Å². The van der Waals surface area contributed by atoms with E-state index in [1.165, 1.54) is 12.3 Å². The maximum atomic E-state index is 11.7. The van der Waals surface area contributed by atoms with Gasteiger partial charge in [-0.1, -0.05) is 18.2 Å². The second kappa shape index (κ2) is 5.13. The first-order valence-corrected chi connectivity index (χ1v) is 5.30. The third kappa shape index (κ3) is 2.94. The Morgan fingerprint density at radius 2 is 1.89 bits per heavy atom. The molecule has 0 saturated carbocycles. The number of nitrogens with zero attached hydrogens (tertiary/aromatic N) is 1. The minimum absolute atomic E-state index is 0.148. The van der Waals surface area contributed by atoms with E-state index >= 15 is 0 Å². The fraction of sp³-hybridized carbons (Fsp3) is 0.0833. The van der Waals surface area contributed by atoms with Crippen molar-refractivity contribution in [1.82, 2.24) is 9.55 Å². The summed E-state index contributed by atoms with van der Waals surface area (Å²) in [6.07, 6.45) is 1.28. The zero-order valence-electron chi connectivity index (χ0n) is 9.42. The van der Waals surface area contributed by atoms with Crippen LogP contribution in [0.4, 0.5) is 5.69 Å². The molecule has 0 bridgehead atoms. The van der Waals surface area contributed by atoms with Crippen molar-refractivity contribution in [3.8, 4) is 0 Å². The lowest BCUT2D eigenvalue weighted by Crippen LogP contribution is -2.32. The van der Waals surface area contributed by atoms with Gasteiger partial charge in [-0.3, -0.25) is 19.1 Å². The molecule has 2 aromatic rings. The first kappa shape index (κ1) is 11.8. The molecular formula is C12H11N3O3. The zero-order chi connectivity index (χ0) is 13.0. The second-order valence-electron chi connectivity index (χ2n) is 3.65. The molecule has 1 amide bonds. The maximum absolute atomic E-state index is 11.7. The highest BCUT2D eigenvalue weighted by Crippen LogP contribution is 2.04. The fourth-order valence-corrected chi connectivity index (χ4v) is 1.45. The number of nitrogens with one attached hydrogen (secondary N) is 2. The van der Waals surface area contributed by atoms with Crippen LogP contribution in [0.1, 0.15) is 0 Å². The number of amides is 1. The number of carbonyl (C=O) groups is 1. The van der Waals surface area contributed by atoms with E-state index in [1.807, 2.05) is 6.07 Å². The van der Waals surface area contributed by atoms with Crippen LogP contribution in [-0.2, 0) is 11.3 Å². The number of hydrogen-bond acceptors (Lipinski definition) is 3. The van der Waals surface area contributed by atoms with Crippen molar-refractivity contribution in [2.45, 2.75) is 6.54 Å². The van der Waals surface area contributed by atoms with Crippen molar-refractivity contribution in [1.29, 1.82) is 0 Å². The van der Waals surface area contributed by atoms with Crippen molar-refractivity contribution in [3.63, 3.8) is 0 Å². The Morgan fingerprint density at radius 1 is 1.17 bits per heavy atom. The molecule has 0 radical (unpaired) electrons. The molecule has 0 atom stereocenters. The average molecular weight is 245 g/mol. The summed E-state index contributed by atoms with van der Waals surface area (Å²) < 4.78 is 1.12. The molecule has 1 aromatic heterocycles. The van der Waals surface area contributed by atoms with E-state index in [0.29, 0.717) is 5.69 Å². The molecule has 6 heteroatoms. The van der Waals surface area contributed by atoms with Crippen LogP contribution in [0.5, 0.6) is 0 Å². The van der Waals surface area contributed by atoms with Gasteiger partial charge in [0.1, 0.15) is 6.54 Å². The standard InChI is InChI=1S/C12H11N3O3/c16-10-6-7-15(12(18)14-10)8-11(17)13-9-4-2-1-3-5-9/h1-7H,8H2,(H,13,17)(H,14,16,18). The van der Waals surface area contributed by atoms with E-state index in [2.05, 4.69) is 10.3 Å². The molecule has 1 heterocycles. The Hall–Kier alpha value is -2.63. The van der Waals surface area contributed by atoms with E-state index in [0.717, 1.165) is 4.57 Å². The highest BCUT2D eigenvalue weighted by molar-refractivity contribution is 5.90. The topological polar surface area (TPSA) is 84.0 Å². The van der Waals surface area contributed by atoms with E-state index in [9.17, 15) is 14.4 Å². The average Bonchev–Trinajstić information content (AvgIpc) is 2.34. The molecule has 0 aliphatic carbocycles. The Bertz CT molecular complexity index is 658. The SMILES string of the molecule is O=C(Cn1ccc(=O)[nH]c1=O)Nc1ccccc1. The predicted octanol–water partition coefficient (Wildman–Crippen LogP) is 0.175. The number of anilines is 1. The first-order valence-electron chi connectivity index (χ1n) is 5.30. The third-order valence-corrected chi connectivity index (χ3v) is 2.27. The van der Waals surface area contributed by atoms with E-state index in [1.54, 1.807) is 24.3 Å². The van der Waals surface area contributed by atoms with Crippen molar-refractivity contribution in [3.05, 3.63) is 63.4 Å². The summed E-state index contributed by atoms with van der Waals surface area (Å²) in [7, 11) is 0. The molecule has 0 spiro atoms. The van der Waals surface area contributed by atoms with Gasteiger partial charge < -0.3 is 5.32 Å². The highest BCUT2D eigenvalue weighted by atomic mass is 16.2. The molecule has 0 aliphatic rings. The van der Waals surface area contributed by atoms with Crippen molar-refractivity contribution in [2.24, 2.45) is 0 Å². The molecule has 6 nitrogen and oxygen atoms in total. The molecule has 1 aromatic carbocycles. The van der Waals surface area contributed by atoms with Crippen molar-refractivity contribution >= 4 is 11.6 Å². The number of aromatic nitrogens is 2. The molecule has 92 valence electrons. The van der Waals surface area contributed by atoms with Gasteiger partial charge in [-0.15, -0.1) is 0 Å². The summed E-state index contributed by atoms with van der Waals surface area (Å²) in [4.78, 5) is 35.9. The Labute approximate surface area is 102 Å². The minimum atomic E-state index is -0.606. The van der Waals surface area contributed by atoms with Gasteiger partial charge in [0.05, 0.1) is 0 Å². The van der Waals surface area contributed by atoms with Gasteiger partial charge in [0, 0.05) is 18.0 Å². The number of H-pyrrole nitrogens is 1. The number of hydrogen-bond donors (Lipinski definition) is 2. The molecule has 0 unspecified atom stereocenters. The van der Waals surface area contributed by atoms with Crippen LogP contribution in [0.3, 0.4) is 0 Å². The minimum Gasteiger partial charge on any atom is -0.325 e. The zero-order valence-corrected chi connectivity index (χ0v) is 9.42. The van der Waals surface area contributed by atoms with Gasteiger partial charge in [-0.05, 0) is 12.1 Å². The van der Waals surface area contributed by atoms with Crippen LogP contribution in [-0.4, -0.2) is 15.5 Å². The van der Waals surface area contributed by atoms with Crippen LogP contribution in [0.25, 0.3) is 0 Å². The maximum Gasteiger partial charge on any atom is 0.328 e. The van der Waals surface area contributed by atoms with Crippen molar-refractivity contribution < 1.29 is 4.79 Å². The quantitative estimate of drug-likeness (QED) is 0.808. The molecule has 18 heavy (non-hydrogen) atoms. The predicted molar refractivity (Wildman–Crippen MR) is 66.4 cm³/mol. The monoisotopic (exact) mass is 245 g/mol. The molecule has 2 N–H and O–H groups in total. The lowest BCUT2D eigenvalue weighted by atomic mass is 10.3. The van der Waals surface area contributed by atoms with Gasteiger partial charge >= 0.3 is 5.69 Å². The summed E-state index contributed by atoms with van der Waals surface area (Å²) in [6, 6.07) is 10.1. The number of carbonyl (C=O) groups excluding carboxylic acids is 1. The Kier molecular flexibility index (Phi) is 3.38. The lowest BCUT2D eigenvalue weighted by molar-refractivity contribution is -0.116. The fourth-order valence-electron chi connectivity index (χ4n) is 1.45. The van der Waals surface area contributed by atoms with E-state index in [4.69, 9.17) is 0 Å². The third-order valence-electron chi connectivity index (χ3n) is 2.27. The number of para-hydroxylation sites is 1. The number of aromatic amines is 1. The van der Waals surface area contributed by atoms with Crippen LogP contribution in [0.2, 0.25) is 0 Å². The Morgan fingerprint density at radius 3 is 2.56 bits per heavy atom. The van der Waals surface area contributed by atoms with Gasteiger partial charge in [0.15, 0.2) is 0 Å². The lowest BCUT2D eigenvalue weighted by Gasteiger charge is -2.06. The molecule has 0 fully saturated rings. The largest absolute Gasteiger partial charge is 0.328 e. The first-order chi connectivity index (χ1) is 8.65. The molecule has 0 aliphatic heterocycles. The summed E-state index contributed by atoms with van der Waals surface area (Å²) in [5, 5.41) is 2.64. The normalized spacial score (nSPS) is 10.0. The summed E-state index contributed by atoms with van der Waals surface area (Å²) in [5.74, 6) is -0.338. The van der Waals surface area contributed by atoms with Crippen LogP contribution >= 0.6 is 0 Å². The number of rotatable bonds is 3. The van der Waals surface area contributed by atoms with E-state index in [-0.39, 0.29) is 12.5 Å². The molecule has 2 rings (SSSR count). The van der Waals surface area contributed by atoms with Crippen LogP contribution in [0.15, 0.2) is 52.2 Å². The highest BCUT2D eigenvalue weighted by Gasteiger charge is 2.04. The van der Waals surface area contributed by atoms with Crippen LogP contribution < -0.4 is 16.6 Å². The summed E-state index contributed by atoms with van der Waals surface area (Å²) in [5.41, 5.74) is -0.439. The van der Waals surface area contributed by atoms with Gasteiger partial charge in [0.25, 0.3) is 5.56 Å².